The third-order valence-electron chi connectivity index (χ3n) is 4.61. The largest absolute Gasteiger partial charge is 0.338 e. The van der Waals surface area contributed by atoms with Crippen LogP contribution < -0.4 is 0 Å². The third kappa shape index (κ3) is 2.91. The highest BCUT2D eigenvalue weighted by Gasteiger charge is 2.12. The molecule has 1 aromatic heterocycles. The van der Waals surface area contributed by atoms with E-state index in [-0.39, 0.29) is 5.82 Å². The van der Waals surface area contributed by atoms with Gasteiger partial charge in [-0.15, -0.1) is 0 Å². The van der Waals surface area contributed by atoms with Gasteiger partial charge in [-0.1, -0.05) is 43.2 Å². The fourth-order valence-corrected chi connectivity index (χ4v) is 3.34. The fourth-order valence-electron chi connectivity index (χ4n) is 3.34. The summed E-state index contributed by atoms with van der Waals surface area (Å²) in [5.74, 6) is 1.36. The van der Waals surface area contributed by atoms with Crippen LogP contribution in [0, 0.1) is 11.7 Å². The van der Waals surface area contributed by atoms with Crippen molar-refractivity contribution in [3.63, 3.8) is 0 Å². The summed E-state index contributed by atoms with van der Waals surface area (Å²) in [6, 6.07) is 12.7. The first-order valence-corrected chi connectivity index (χ1v) is 8.22. The Morgan fingerprint density at radius 2 is 1.91 bits per heavy atom. The summed E-state index contributed by atoms with van der Waals surface area (Å²) >= 11 is 0. The molecule has 3 aromatic rings. The van der Waals surface area contributed by atoms with Gasteiger partial charge in [0.15, 0.2) is 0 Å². The van der Waals surface area contributed by atoms with Gasteiger partial charge in [-0.05, 0) is 48.6 Å². The van der Waals surface area contributed by atoms with Crippen LogP contribution in [0.3, 0.4) is 0 Å². The molecule has 1 saturated carbocycles. The van der Waals surface area contributed by atoms with Crippen LogP contribution in [0.1, 0.15) is 31.5 Å². The highest BCUT2D eigenvalue weighted by Crippen LogP contribution is 2.28. The smallest absolute Gasteiger partial charge is 0.131 e. The number of nitrogens with one attached hydrogen (secondary N) is 1. The number of hydrogen-bond acceptors (Lipinski definition) is 1. The van der Waals surface area contributed by atoms with Crippen molar-refractivity contribution in [3.05, 3.63) is 60.2 Å². The lowest BCUT2D eigenvalue weighted by atomic mass is 10.0. The normalized spacial score (nSPS) is 15.9. The van der Waals surface area contributed by atoms with Crippen molar-refractivity contribution in [1.82, 2.24) is 9.97 Å². The average molecular weight is 306 g/mol. The van der Waals surface area contributed by atoms with Gasteiger partial charge in [-0.25, -0.2) is 9.37 Å². The van der Waals surface area contributed by atoms with E-state index in [0.29, 0.717) is 11.5 Å². The van der Waals surface area contributed by atoms with Crippen LogP contribution in [0.25, 0.3) is 28.2 Å². The Morgan fingerprint density at radius 3 is 2.74 bits per heavy atom. The molecule has 4 rings (SSSR count). The van der Waals surface area contributed by atoms with Gasteiger partial charge in [0.05, 0.1) is 11.0 Å². The molecule has 0 radical (unpaired) electrons. The Labute approximate surface area is 135 Å². The number of imidazole rings is 1. The molecule has 23 heavy (non-hydrogen) atoms. The molecule has 0 saturated heterocycles. The van der Waals surface area contributed by atoms with Crippen LogP contribution in [-0.4, -0.2) is 9.97 Å². The second kappa shape index (κ2) is 5.99. The third-order valence-corrected chi connectivity index (χ3v) is 4.61. The average Bonchev–Trinajstić information content (AvgIpc) is 3.21. The van der Waals surface area contributed by atoms with E-state index in [1.54, 1.807) is 12.1 Å². The number of allylic oxidation sites excluding steroid dienone is 1. The quantitative estimate of drug-likeness (QED) is 0.673. The Kier molecular flexibility index (Phi) is 3.70. The van der Waals surface area contributed by atoms with Crippen molar-refractivity contribution in [2.24, 2.45) is 5.92 Å². The predicted octanol–water partition coefficient (Wildman–Crippen LogP) is 5.57. The number of fused-ring (bicyclic) bond motifs is 1. The van der Waals surface area contributed by atoms with Crippen molar-refractivity contribution >= 4 is 17.1 Å². The molecule has 0 aliphatic heterocycles. The summed E-state index contributed by atoms with van der Waals surface area (Å²) in [5, 5.41) is 0. The lowest BCUT2D eigenvalue weighted by Gasteiger charge is -2.02. The number of H-pyrrole nitrogens is 1. The monoisotopic (exact) mass is 306 g/mol. The topological polar surface area (TPSA) is 28.7 Å². The Hall–Kier alpha value is -2.42. The summed E-state index contributed by atoms with van der Waals surface area (Å²) in [6.07, 6.45) is 9.59. The van der Waals surface area contributed by atoms with Gasteiger partial charge in [0.2, 0.25) is 0 Å². The van der Waals surface area contributed by atoms with Crippen LogP contribution in [0.5, 0.6) is 0 Å². The van der Waals surface area contributed by atoms with E-state index < -0.39 is 0 Å². The second-order valence-electron chi connectivity index (χ2n) is 6.24. The Morgan fingerprint density at radius 1 is 1.09 bits per heavy atom. The van der Waals surface area contributed by atoms with Gasteiger partial charge in [0.1, 0.15) is 11.6 Å². The van der Waals surface area contributed by atoms with E-state index >= 15 is 0 Å². The van der Waals surface area contributed by atoms with Crippen LogP contribution >= 0.6 is 0 Å². The van der Waals surface area contributed by atoms with E-state index in [2.05, 4.69) is 22.1 Å². The maximum Gasteiger partial charge on any atom is 0.131 e. The summed E-state index contributed by atoms with van der Waals surface area (Å²) in [7, 11) is 0. The van der Waals surface area contributed by atoms with Gasteiger partial charge in [-0.3, -0.25) is 0 Å². The lowest BCUT2D eigenvalue weighted by Crippen LogP contribution is -1.85. The molecule has 3 heteroatoms. The molecule has 1 fully saturated rings. The number of aromatic nitrogens is 2. The van der Waals surface area contributed by atoms with Crippen molar-refractivity contribution in [2.45, 2.75) is 25.7 Å². The summed E-state index contributed by atoms with van der Waals surface area (Å²) in [6.45, 7) is 0. The molecule has 0 atom stereocenters. The second-order valence-corrected chi connectivity index (χ2v) is 6.24. The minimum Gasteiger partial charge on any atom is -0.338 e. The first kappa shape index (κ1) is 14.2. The SMILES string of the molecule is Fc1ccccc1-c1ccc2[nH]c(C=CC3CCCC3)nc2c1. The molecular formula is C20H19FN2. The highest BCUT2D eigenvalue weighted by atomic mass is 19.1. The number of benzene rings is 2. The molecule has 2 aromatic carbocycles. The number of aromatic amines is 1. The Balaban J connectivity index is 1.65. The molecule has 1 aliphatic carbocycles. The van der Waals surface area contributed by atoms with Crippen molar-refractivity contribution < 1.29 is 4.39 Å². The van der Waals surface area contributed by atoms with Gasteiger partial charge in [0.25, 0.3) is 0 Å². The van der Waals surface area contributed by atoms with Crippen LogP contribution in [0.4, 0.5) is 4.39 Å². The fraction of sp³-hybridized carbons (Fsp3) is 0.250. The lowest BCUT2D eigenvalue weighted by molar-refractivity contribution is 0.631. The molecule has 116 valence electrons. The van der Waals surface area contributed by atoms with Gasteiger partial charge in [0, 0.05) is 5.56 Å². The molecule has 0 amide bonds. The number of hydrogen-bond donors (Lipinski definition) is 1. The van der Waals surface area contributed by atoms with E-state index in [1.165, 1.54) is 31.7 Å². The van der Waals surface area contributed by atoms with Gasteiger partial charge in [-0.2, -0.15) is 0 Å². The molecule has 0 bridgehead atoms. The van der Waals surface area contributed by atoms with Crippen molar-refractivity contribution in [1.29, 1.82) is 0 Å². The van der Waals surface area contributed by atoms with Crippen LogP contribution in [0.2, 0.25) is 0 Å². The molecule has 0 unspecified atom stereocenters. The number of nitrogens with zero attached hydrogens (tertiary/aromatic N) is 1. The zero-order chi connectivity index (χ0) is 15.6. The van der Waals surface area contributed by atoms with Gasteiger partial charge >= 0.3 is 0 Å². The first-order valence-electron chi connectivity index (χ1n) is 8.22. The van der Waals surface area contributed by atoms with Gasteiger partial charge < -0.3 is 4.98 Å². The minimum absolute atomic E-state index is 0.205. The van der Waals surface area contributed by atoms with Crippen LogP contribution in [0.15, 0.2) is 48.5 Å². The summed E-state index contributed by atoms with van der Waals surface area (Å²) < 4.78 is 13.9. The summed E-state index contributed by atoms with van der Waals surface area (Å²) in [4.78, 5) is 7.95. The van der Waals surface area contributed by atoms with Crippen LogP contribution in [-0.2, 0) is 0 Å². The zero-order valence-electron chi connectivity index (χ0n) is 12.9. The highest BCUT2D eigenvalue weighted by molar-refractivity contribution is 5.83. The molecule has 1 N–H and O–H groups in total. The molecule has 1 heterocycles. The maximum absolute atomic E-state index is 13.9. The van der Waals surface area contributed by atoms with E-state index in [0.717, 1.165) is 22.4 Å². The predicted molar refractivity (Wildman–Crippen MR) is 92.5 cm³/mol. The molecule has 1 aliphatic rings. The van der Waals surface area contributed by atoms with Crippen molar-refractivity contribution in [2.75, 3.05) is 0 Å². The minimum atomic E-state index is -0.205. The number of halogens is 1. The first-order chi connectivity index (χ1) is 11.3. The zero-order valence-corrected chi connectivity index (χ0v) is 12.9. The number of rotatable bonds is 3. The Bertz CT molecular complexity index is 857. The molecule has 0 spiro atoms. The van der Waals surface area contributed by atoms with E-state index in [4.69, 9.17) is 0 Å². The standard InChI is InChI=1S/C20H19FN2/c21-17-8-4-3-7-16(17)15-10-11-18-19(13-15)23-20(22-18)12-9-14-5-1-2-6-14/h3-4,7-14H,1-2,5-6H2,(H,22,23). The summed E-state index contributed by atoms with van der Waals surface area (Å²) in [5.41, 5.74) is 3.32. The molecular weight excluding hydrogens is 287 g/mol. The van der Waals surface area contributed by atoms with E-state index in [1.807, 2.05) is 24.3 Å². The molecule has 2 nitrogen and oxygen atoms in total. The van der Waals surface area contributed by atoms with Crippen molar-refractivity contribution in [3.8, 4) is 11.1 Å². The van der Waals surface area contributed by atoms with E-state index in [9.17, 15) is 4.39 Å². The maximum atomic E-state index is 13.9.